The molecule has 0 N–H and O–H groups in total. The third kappa shape index (κ3) is 8.99. The van der Waals surface area contributed by atoms with Gasteiger partial charge in [-0.3, -0.25) is 4.79 Å². The van der Waals surface area contributed by atoms with Crippen LogP contribution >= 0.6 is 0 Å². The number of hydrogen-bond acceptors (Lipinski definition) is 2. The summed E-state index contributed by atoms with van der Waals surface area (Å²) in [4.78, 5) is 21.7. The lowest BCUT2D eigenvalue weighted by Gasteiger charge is -1.97. The Morgan fingerprint density at radius 3 is 2.31 bits per heavy atom. The average Bonchev–Trinajstić information content (AvgIpc) is 2.04. The lowest BCUT2D eigenvalue weighted by Crippen LogP contribution is -1.99. The smallest absolute Gasteiger partial charge is 0.132 e. The summed E-state index contributed by atoms with van der Waals surface area (Å²) in [6, 6.07) is 0. The van der Waals surface area contributed by atoms with E-state index in [4.69, 9.17) is 0 Å². The van der Waals surface area contributed by atoms with E-state index < -0.39 is 0 Å². The number of hydrogen-bond donors (Lipinski definition) is 0. The van der Waals surface area contributed by atoms with Crippen molar-refractivity contribution in [3.63, 3.8) is 0 Å². The number of carbonyl (C=O) groups excluding carboxylic acids is 2. The van der Waals surface area contributed by atoms with E-state index >= 15 is 0 Å². The second-order valence-electron chi connectivity index (χ2n) is 3.28. The summed E-state index contributed by atoms with van der Waals surface area (Å²) in [7, 11) is 0. The average molecular weight is 182 g/mol. The number of ketones is 2. The van der Waals surface area contributed by atoms with Crippen LogP contribution in [-0.4, -0.2) is 11.6 Å². The highest BCUT2D eigenvalue weighted by Crippen LogP contribution is 2.04. The van der Waals surface area contributed by atoms with Gasteiger partial charge in [-0.1, -0.05) is 6.08 Å². The van der Waals surface area contributed by atoms with Gasteiger partial charge in [0.25, 0.3) is 0 Å². The minimum absolute atomic E-state index is 0.166. The maximum absolute atomic E-state index is 11.2. The SMILES string of the molecule is C=CCCCC(=O)CCCC(C)=O. The summed E-state index contributed by atoms with van der Waals surface area (Å²) < 4.78 is 0. The Labute approximate surface area is 80.0 Å². The lowest BCUT2D eigenvalue weighted by molar-refractivity contribution is -0.119. The number of carbonyl (C=O) groups is 2. The van der Waals surface area contributed by atoms with Crippen molar-refractivity contribution in [2.45, 2.75) is 45.4 Å². The van der Waals surface area contributed by atoms with Crippen molar-refractivity contribution in [2.24, 2.45) is 0 Å². The van der Waals surface area contributed by atoms with Gasteiger partial charge in [0.15, 0.2) is 0 Å². The predicted molar refractivity (Wildman–Crippen MR) is 53.6 cm³/mol. The monoisotopic (exact) mass is 182 g/mol. The second kappa shape index (κ2) is 7.71. The van der Waals surface area contributed by atoms with E-state index in [9.17, 15) is 9.59 Å². The third-order valence-corrected chi connectivity index (χ3v) is 1.85. The van der Waals surface area contributed by atoms with Crippen molar-refractivity contribution in [1.29, 1.82) is 0 Å². The molecule has 0 aromatic carbocycles. The Bertz CT molecular complexity index is 183. The zero-order chi connectivity index (χ0) is 10.1. The number of unbranched alkanes of at least 4 members (excludes halogenated alkanes) is 1. The second-order valence-corrected chi connectivity index (χ2v) is 3.28. The molecule has 0 amide bonds. The third-order valence-electron chi connectivity index (χ3n) is 1.85. The zero-order valence-electron chi connectivity index (χ0n) is 8.34. The van der Waals surface area contributed by atoms with Gasteiger partial charge in [0.1, 0.15) is 11.6 Å². The molecule has 0 fully saturated rings. The van der Waals surface area contributed by atoms with Gasteiger partial charge in [0, 0.05) is 19.3 Å². The highest BCUT2D eigenvalue weighted by molar-refractivity contribution is 5.80. The molecule has 0 unspecified atom stereocenters. The topological polar surface area (TPSA) is 34.1 Å². The van der Waals surface area contributed by atoms with Crippen LogP contribution in [0.1, 0.15) is 45.4 Å². The van der Waals surface area contributed by atoms with Gasteiger partial charge in [-0.25, -0.2) is 0 Å². The van der Waals surface area contributed by atoms with Crippen LogP contribution < -0.4 is 0 Å². The molecule has 0 radical (unpaired) electrons. The van der Waals surface area contributed by atoms with Gasteiger partial charge in [0.05, 0.1) is 0 Å². The Hall–Kier alpha value is -0.920. The first-order valence-electron chi connectivity index (χ1n) is 4.79. The lowest BCUT2D eigenvalue weighted by atomic mass is 10.1. The van der Waals surface area contributed by atoms with Gasteiger partial charge in [-0.05, 0) is 26.2 Å². The van der Waals surface area contributed by atoms with Crippen molar-refractivity contribution in [1.82, 2.24) is 0 Å². The molecule has 0 saturated carbocycles. The van der Waals surface area contributed by atoms with E-state index in [1.54, 1.807) is 6.92 Å². The summed E-state index contributed by atoms with van der Waals surface area (Å²) >= 11 is 0. The standard InChI is InChI=1S/C11H18O2/c1-3-4-5-8-11(13)9-6-7-10(2)12/h3H,1,4-9H2,2H3. The molecule has 0 atom stereocenters. The maximum atomic E-state index is 11.2. The molecule has 0 heterocycles. The van der Waals surface area contributed by atoms with E-state index in [2.05, 4.69) is 6.58 Å². The molecule has 0 aliphatic rings. The molecule has 0 bridgehead atoms. The molecule has 2 heteroatoms. The molecular formula is C11H18O2. The number of rotatable bonds is 8. The molecule has 0 aromatic heterocycles. The van der Waals surface area contributed by atoms with Crippen LogP contribution in [0.15, 0.2) is 12.7 Å². The summed E-state index contributed by atoms with van der Waals surface area (Å²) in [5.41, 5.74) is 0. The maximum Gasteiger partial charge on any atom is 0.132 e. The van der Waals surface area contributed by atoms with Crippen molar-refractivity contribution >= 4 is 11.6 Å². The first kappa shape index (κ1) is 12.1. The first-order chi connectivity index (χ1) is 6.16. The molecular weight excluding hydrogens is 164 g/mol. The highest BCUT2D eigenvalue weighted by Gasteiger charge is 2.01. The van der Waals surface area contributed by atoms with Crippen LogP contribution in [0, 0.1) is 0 Å². The van der Waals surface area contributed by atoms with Crippen molar-refractivity contribution in [3.8, 4) is 0 Å². The van der Waals surface area contributed by atoms with Gasteiger partial charge in [-0.2, -0.15) is 0 Å². The van der Waals surface area contributed by atoms with Gasteiger partial charge >= 0.3 is 0 Å². The van der Waals surface area contributed by atoms with Crippen molar-refractivity contribution in [3.05, 3.63) is 12.7 Å². The van der Waals surface area contributed by atoms with E-state index in [0.29, 0.717) is 25.7 Å². The van der Waals surface area contributed by atoms with Crippen LogP contribution in [0.4, 0.5) is 0 Å². The fourth-order valence-electron chi connectivity index (χ4n) is 1.10. The Morgan fingerprint density at radius 2 is 1.77 bits per heavy atom. The molecule has 0 spiro atoms. The quantitative estimate of drug-likeness (QED) is 0.427. The summed E-state index contributed by atoms with van der Waals surface area (Å²) in [5, 5.41) is 0. The van der Waals surface area contributed by atoms with Gasteiger partial charge in [0.2, 0.25) is 0 Å². The zero-order valence-corrected chi connectivity index (χ0v) is 8.34. The van der Waals surface area contributed by atoms with E-state index in [1.165, 1.54) is 0 Å². The van der Waals surface area contributed by atoms with Crippen LogP contribution in [-0.2, 0) is 9.59 Å². The van der Waals surface area contributed by atoms with Gasteiger partial charge < -0.3 is 4.79 Å². The van der Waals surface area contributed by atoms with Crippen LogP contribution in [0.2, 0.25) is 0 Å². The first-order valence-corrected chi connectivity index (χ1v) is 4.79. The molecule has 74 valence electrons. The van der Waals surface area contributed by atoms with E-state index in [-0.39, 0.29) is 11.6 Å². The normalized spacial score (nSPS) is 9.62. The highest BCUT2D eigenvalue weighted by atomic mass is 16.1. The van der Waals surface area contributed by atoms with Crippen molar-refractivity contribution in [2.75, 3.05) is 0 Å². The minimum atomic E-state index is 0.166. The van der Waals surface area contributed by atoms with Crippen LogP contribution in [0.5, 0.6) is 0 Å². The Morgan fingerprint density at radius 1 is 1.15 bits per heavy atom. The molecule has 2 nitrogen and oxygen atoms in total. The molecule has 0 aliphatic carbocycles. The summed E-state index contributed by atoms with van der Waals surface area (Å²) in [6.45, 7) is 5.14. The fraction of sp³-hybridized carbons (Fsp3) is 0.636. The molecule has 0 aromatic rings. The fourth-order valence-corrected chi connectivity index (χ4v) is 1.10. The van der Waals surface area contributed by atoms with E-state index in [1.807, 2.05) is 6.08 Å². The van der Waals surface area contributed by atoms with Crippen molar-refractivity contribution < 1.29 is 9.59 Å². The minimum Gasteiger partial charge on any atom is -0.300 e. The van der Waals surface area contributed by atoms with E-state index in [0.717, 1.165) is 12.8 Å². The number of Topliss-reactive ketones (excluding diaryl/α,β-unsaturated/α-hetero) is 2. The van der Waals surface area contributed by atoms with Gasteiger partial charge in [-0.15, -0.1) is 6.58 Å². The molecule has 0 aliphatic heterocycles. The molecule has 13 heavy (non-hydrogen) atoms. The Kier molecular flexibility index (Phi) is 7.17. The summed E-state index contributed by atoms with van der Waals surface area (Å²) in [6.07, 6.45) is 6.04. The molecule has 0 rings (SSSR count). The largest absolute Gasteiger partial charge is 0.300 e. The van der Waals surface area contributed by atoms with Crippen LogP contribution in [0.25, 0.3) is 0 Å². The van der Waals surface area contributed by atoms with Crippen LogP contribution in [0.3, 0.4) is 0 Å². The summed E-state index contributed by atoms with van der Waals surface area (Å²) in [5.74, 6) is 0.432. The molecule has 0 saturated heterocycles. The predicted octanol–water partition coefficient (Wildman–Crippen LogP) is 2.67. The number of allylic oxidation sites excluding steroid dienone is 1. The Balaban J connectivity index is 3.30.